The minimum absolute atomic E-state index is 0.0990. The normalized spacial score (nSPS) is 32.0. The van der Waals surface area contributed by atoms with Crippen LogP contribution in [0.4, 0.5) is 0 Å². The first-order valence-electron chi connectivity index (χ1n) is 5.71. The van der Waals surface area contributed by atoms with Crippen LogP contribution in [0.1, 0.15) is 51.4 Å². The summed E-state index contributed by atoms with van der Waals surface area (Å²) in [5.41, 5.74) is 0. The first kappa shape index (κ1) is 10.3. The van der Waals surface area contributed by atoms with E-state index in [0.29, 0.717) is 11.7 Å². The Morgan fingerprint density at radius 2 is 1.71 bits per heavy atom. The van der Waals surface area contributed by atoms with Crippen LogP contribution in [0.2, 0.25) is 0 Å². The number of ketones is 1. The van der Waals surface area contributed by atoms with Crippen LogP contribution < -0.4 is 0 Å². The number of carbonyl (C=O) groups is 1. The molecule has 2 nitrogen and oxygen atoms in total. The van der Waals surface area contributed by atoms with E-state index >= 15 is 0 Å². The van der Waals surface area contributed by atoms with Gasteiger partial charge in [0.2, 0.25) is 0 Å². The standard InChI is InChI=1S/C11H18O2S/c12-10-7-4-8-11(10)14(13)9-5-2-1-3-6-9/h9,11H,1-8H2. The quantitative estimate of drug-likeness (QED) is 0.706. The lowest BCUT2D eigenvalue weighted by atomic mass is 10.0. The number of Topliss-reactive ketones (excluding diaryl/α,β-unsaturated/α-hetero) is 1. The molecule has 14 heavy (non-hydrogen) atoms. The second-order valence-corrected chi connectivity index (χ2v) is 6.33. The van der Waals surface area contributed by atoms with Gasteiger partial charge in [0.1, 0.15) is 5.78 Å². The Morgan fingerprint density at radius 3 is 2.29 bits per heavy atom. The summed E-state index contributed by atoms with van der Waals surface area (Å²) in [6.45, 7) is 0. The van der Waals surface area contributed by atoms with E-state index in [-0.39, 0.29) is 11.0 Å². The minimum atomic E-state index is -0.861. The molecule has 0 aromatic heterocycles. The summed E-state index contributed by atoms with van der Waals surface area (Å²) in [6.07, 6.45) is 8.36. The van der Waals surface area contributed by atoms with Gasteiger partial charge in [-0.15, -0.1) is 0 Å². The van der Waals surface area contributed by atoms with Crippen molar-refractivity contribution in [1.29, 1.82) is 0 Å². The van der Waals surface area contributed by atoms with Crippen LogP contribution in [0.3, 0.4) is 0 Å². The van der Waals surface area contributed by atoms with E-state index in [1.807, 2.05) is 0 Å². The minimum Gasteiger partial charge on any atom is -0.298 e. The van der Waals surface area contributed by atoms with E-state index in [4.69, 9.17) is 0 Å². The van der Waals surface area contributed by atoms with Gasteiger partial charge in [-0.3, -0.25) is 9.00 Å². The molecule has 0 radical (unpaired) electrons. The molecule has 2 rings (SSSR count). The van der Waals surface area contributed by atoms with Crippen molar-refractivity contribution in [3.63, 3.8) is 0 Å². The van der Waals surface area contributed by atoms with Crippen molar-refractivity contribution in [3.8, 4) is 0 Å². The van der Waals surface area contributed by atoms with Crippen molar-refractivity contribution in [2.75, 3.05) is 0 Å². The van der Waals surface area contributed by atoms with Gasteiger partial charge < -0.3 is 0 Å². The predicted molar refractivity (Wildman–Crippen MR) is 57.7 cm³/mol. The largest absolute Gasteiger partial charge is 0.298 e. The van der Waals surface area contributed by atoms with Gasteiger partial charge in [0, 0.05) is 22.5 Å². The molecule has 2 saturated carbocycles. The Kier molecular flexibility index (Phi) is 3.37. The maximum Gasteiger partial charge on any atom is 0.148 e. The van der Waals surface area contributed by atoms with E-state index in [1.54, 1.807) is 0 Å². The smallest absolute Gasteiger partial charge is 0.148 e. The first-order chi connectivity index (χ1) is 6.79. The predicted octanol–water partition coefficient (Wildman–Crippen LogP) is 2.19. The lowest BCUT2D eigenvalue weighted by Crippen LogP contribution is -2.30. The van der Waals surface area contributed by atoms with Gasteiger partial charge in [-0.05, 0) is 25.7 Å². The van der Waals surface area contributed by atoms with Crippen LogP contribution >= 0.6 is 0 Å². The molecule has 0 bridgehead atoms. The molecule has 80 valence electrons. The van der Waals surface area contributed by atoms with Gasteiger partial charge in [-0.1, -0.05) is 19.3 Å². The van der Waals surface area contributed by atoms with Gasteiger partial charge in [-0.2, -0.15) is 0 Å². The number of rotatable bonds is 2. The van der Waals surface area contributed by atoms with Crippen molar-refractivity contribution < 1.29 is 9.00 Å². The van der Waals surface area contributed by atoms with Crippen LogP contribution in [0.15, 0.2) is 0 Å². The molecule has 0 N–H and O–H groups in total. The van der Waals surface area contributed by atoms with E-state index in [9.17, 15) is 9.00 Å². The molecule has 0 saturated heterocycles. The summed E-state index contributed by atoms with van der Waals surface area (Å²) in [5.74, 6) is 0.258. The van der Waals surface area contributed by atoms with Crippen LogP contribution in [-0.2, 0) is 15.6 Å². The number of carbonyl (C=O) groups excluding carboxylic acids is 1. The SMILES string of the molecule is O=C1CCCC1S(=O)C1CCCCC1. The van der Waals surface area contributed by atoms with E-state index in [0.717, 1.165) is 25.7 Å². The number of hydrogen-bond acceptors (Lipinski definition) is 2. The third-order valence-corrected chi connectivity index (χ3v) is 5.60. The Labute approximate surface area is 87.9 Å². The van der Waals surface area contributed by atoms with Gasteiger partial charge >= 0.3 is 0 Å². The van der Waals surface area contributed by atoms with Crippen LogP contribution in [0, 0.1) is 0 Å². The Morgan fingerprint density at radius 1 is 1.00 bits per heavy atom. The molecule has 2 aliphatic carbocycles. The second kappa shape index (κ2) is 4.56. The molecule has 2 unspecified atom stereocenters. The fourth-order valence-corrected chi connectivity index (χ4v) is 4.60. The molecule has 0 aromatic carbocycles. The summed E-state index contributed by atoms with van der Waals surface area (Å²) < 4.78 is 12.1. The second-order valence-electron chi connectivity index (χ2n) is 4.44. The van der Waals surface area contributed by atoms with Crippen molar-refractivity contribution in [3.05, 3.63) is 0 Å². The zero-order valence-corrected chi connectivity index (χ0v) is 9.35. The third-order valence-electron chi connectivity index (χ3n) is 3.41. The van der Waals surface area contributed by atoms with Gasteiger partial charge in [0.05, 0.1) is 5.25 Å². The zero-order valence-electron chi connectivity index (χ0n) is 8.54. The van der Waals surface area contributed by atoms with Crippen LogP contribution in [-0.4, -0.2) is 20.5 Å². The Hall–Kier alpha value is -0.180. The summed E-state index contributed by atoms with van der Waals surface area (Å²) in [6, 6.07) is 0. The third kappa shape index (κ3) is 2.08. The van der Waals surface area contributed by atoms with Crippen molar-refractivity contribution in [2.24, 2.45) is 0 Å². The van der Waals surface area contributed by atoms with E-state index in [1.165, 1.54) is 19.3 Å². The average Bonchev–Trinajstić information content (AvgIpc) is 2.65. The highest BCUT2D eigenvalue weighted by molar-refractivity contribution is 7.87. The highest BCUT2D eigenvalue weighted by atomic mass is 32.2. The Bertz CT molecular complexity index is 244. The Balaban J connectivity index is 1.96. The molecule has 0 heterocycles. The summed E-state index contributed by atoms with van der Waals surface area (Å²) >= 11 is 0. The van der Waals surface area contributed by atoms with Crippen molar-refractivity contribution >= 4 is 16.6 Å². The van der Waals surface area contributed by atoms with E-state index in [2.05, 4.69) is 0 Å². The molecule has 0 amide bonds. The molecule has 2 atom stereocenters. The van der Waals surface area contributed by atoms with Gasteiger partial charge in [0.25, 0.3) is 0 Å². The summed E-state index contributed by atoms with van der Waals surface area (Å²) in [7, 11) is -0.861. The fraction of sp³-hybridized carbons (Fsp3) is 0.909. The maximum atomic E-state index is 12.1. The average molecular weight is 214 g/mol. The fourth-order valence-electron chi connectivity index (χ4n) is 2.56. The lowest BCUT2D eigenvalue weighted by molar-refractivity contribution is -0.117. The summed E-state index contributed by atoms with van der Waals surface area (Å²) in [4.78, 5) is 11.5. The van der Waals surface area contributed by atoms with Gasteiger partial charge in [-0.25, -0.2) is 0 Å². The van der Waals surface area contributed by atoms with Crippen molar-refractivity contribution in [2.45, 2.75) is 61.9 Å². The van der Waals surface area contributed by atoms with Gasteiger partial charge in [0.15, 0.2) is 0 Å². The van der Waals surface area contributed by atoms with E-state index < -0.39 is 10.8 Å². The topological polar surface area (TPSA) is 34.1 Å². The molecule has 0 spiro atoms. The first-order valence-corrected chi connectivity index (χ1v) is 6.99. The maximum absolute atomic E-state index is 12.1. The zero-order chi connectivity index (χ0) is 9.97. The summed E-state index contributed by atoms with van der Waals surface area (Å²) in [5, 5.41) is 0.230. The molecule has 0 aromatic rings. The van der Waals surface area contributed by atoms with Crippen LogP contribution in [0.25, 0.3) is 0 Å². The molecule has 2 aliphatic rings. The molecule has 2 fully saturated rings. The molecule has 3 heteroatoms. The lowest BCUT2D eigenvalue weighted by Gasteiger charge is -2.23. The molecular formula is C11H18O2S. The molecule has 0 aliphatic heterocycles. The highest BCUT2D eigenvalue weighted by Crippen LogP contribution is 2.28. The highest BCUT2D eigenvalue weighted by Gasteiger charge is 2.34. The molecular weight excluding hydrogens is 196 g/mol. The van der Waals surface area contributed by atoms with Crippen molar-refractivity contribution in [1.82, 2.24) is 0 Å². The van der Waals surface area contributed by atoms with Crippen LogP contribution in [0.5, 0.6) is 0 Å². The number of hydrogen-bond donors (Lipinski definition) is 0. The monoisotopic (exact) mass is 214 g/mol.